The molecule has 0 aromatic heterocycles. The number of benzene rings is 2. The maximum absolute atomic E-state index is 11.8. The van der Waals surface area contributed by atoms with Gasteiger partial charge in [-0.25, -0.2) is 4.79 Å². The van der Waals surface area contributed by atoms with Gasteiger partial charge < -0.3 is 15.4 Å². The van der Waals surface area contributed by atoms with Gasteiger partial charge in [-0.15, -0.1) is 0 Å². The molecule has 26 heavy (non-hydrogen) atoms. The molecule has 1 amide bonds. The first-order chi connectivity index (χ1) is 12.3. The van der Waals surface area contributed by atoms with E-state index < -0.39 is 5.60 Å². The third-order valence-corrected chi connectivity index (χ3v) is 4.45. The van der Waals surface area contributed by atoms with Crippen LogP contribution in [-0.4, -0.2) is 18.2 Å². The average Bonchev–Trinajstić information content (AvgIpc) is 2.58. The van der Waals surface area contributed by atoms with Gasteiger partial charge in [-0.05, 0) is 68.5 Å². The number of aryl methyl sites for hydroxylation is 1. The van der Waals surface area contributed by atoms with Crippen LogP contribution in [0.3, 0.4) is 0 Å². The first-order valence-corrected chi connectivity index (χ1v) is 9.21. The van der Waals surface area contributed by atoms with Crippen LogP contribution in [0.4, 0.5) is 4.79 Å². The first-order valence-electron chi connectivity index (χ1n) is 9.21. The van der Waals surface area contributed by atoms with E-state index in [9.17, 15) is 4.79 Å². The monoisotopic (exact) mass is 352 g/mol. The third-order valence-electron chi connectivity index (χ3n) is 4.45. The molecule has 0 aliphatic carbocycles. The molecule has 0 saturated heterocycles. The molecule has 2 aromatic rings. The van der Waals surface area contributed by atoms with E-state index in [4.69, 9.17) is 4.74 Å². The molecule has 1 aliphatic heterocycles. The van der Waals surface area contributed by atoms with Crippen LogP contribution in [0, 0.1) is 6.92 Å². The van der Waals surface area contributed by atoms with Crippen LogP contribution in [-0.2, 0) is 24.2 Å². The van der Waals surface area contributed by atoms with E-state index >= 15 is 0 Å². The number of ether oxygens (including phenoxy) is 1. The molecule has 0 atom stereocenters. The number of hydrogen-bond donors (Lipinski definition) is 2. The van der Waals surface area contributed by atoms with Crippen molar-refractivity contribution in [1.29, 1.82) is 0 Å². The summed E-state index contributed by atoms with van der Waals surface area (Å²) in [5, 5.41) is 6.25. The smallest absolute Gasteiger partial charge is 0.407 e. The third kappa shape index (κ3) is 4.64. The van der Waals surface area contributed by atoms with Crippen molar-refractivity contribution in [3.63, 3.8) is 0 Å². The van der Waals surface area contributed by atoms with Crippen molar-refractivity contribution >= 4 is 6.09 Å². The lowest BCUT2D eigenvalue weighted by Gasteiger charge is -2.22. The summed E-state index contributed by atoms with van der Waals surface area (Å²) >= 11 is 0. The summed E-state index contributed by atoms with van der Waals surface area (Å²) in [7, 11) is 0. The molecule has 2 aromatic carbocycles. The fourth-order valence-electron chi connectivity index (χ4n) is 3.33. The number of nitrogens with one attached hydrogen (secondary N) is 2. The van der Waals surface area contributed by atoms with Crippen molar-refractivity contribution < 1.29 is 9.53 Å². The fraction of sp³-hybridized carbons (Fsp3) is 0.409. The summed E-state index contributed by atoms with van der Waals surface area (Å²) in [6.07, 6.45) is 0.675. The van der Waals surface area contributed by atoms with Gasteiger partial charge in [0.05, 0.1) is 0 Å². The number of rotatable bonds is 3. The van der Waals surface area contributed by atoms with E-state index in [0.29, 0.717) is 6.54 Å². The van der Waals surface area contributed by atoms with Crippen LogP contribution < -0.4 is 10.6 Å². The molecular weight excluding hydrogens is 324 g/mol. The van der Waals surface area contributed by atoms with Gasteiger partial charge in [0.1, 0.15) is 5.60 Å². The van der Waals surface area contributed by atoms with E-state index in [2.05, 4.69) is 54.0 Å². The van der Waals surface area contributed by atoms with Gasteiger partial charge in [-0.2, -0.15) is 0 Å². The molecule has 1 aliphatic rings. The lowest BCUT2D eigenvalue weighted by atomic mass is 9.89. The van der Waals surface area contributed by atoms with Gasteiger partial charge >= 0.3 is 6.09 Å². The van der Waals surface area contributed by atoms with Crippen molar-refractivity contribution in [2.75, 3.05) is 6.54 Å². The Kier molecular flexibility index (Phi) is 5.33. The van der Waals surface area contributed by atoms with E-state index in [1.54, 1.807) is 0 Å². The fourth-order valence-corrected chi connectivity index (χ4v) is 3.33. The van der Waals surface area contributed by atoms with Gasteiger partial charge in [0.15, 0.2) is 0 Å². The highest BCUT2D eigenvalue weighted by Gasteiger charge is 2.16. The quantitative estimate of drug-likeness (QED) is 0.864. The molecule has 0 unspecified atom stereocenters. The standard InChI is InChI=1S/C22H28N2O2/c1-15-11-18-14-23-10-9-19(18)20(12-15)17-7-5-16(6-8-17)13-24-21(25)26-22(2,3)4/h5-8,11-12,23H,9-10,13-14H2,1-4H3,(H,24,25). The number of hydrogen-bond acceptors (Lipinski definition) is 3. The number of carbonyl (C=O) groups excluding carboxylic acids is 1. The summed E-state index contributed by atoms with van der Waals surface area (Å²) in [6.45, 7) is 10.2. The summed E-state index contributed by atoms with van der Waals surface area (Å²) in [5.41, 5.74) is 7.28. The van der Waals surface area contributed by atoms with Crippen LogP contribution in [0.25, 0.3) is 11.1 Å². The number of fused-ring (bicyclic) bond motifs is 1. The van der Waals surface area contributed by atoms with E-state index in [0.717, 1.165) is 25.1 Å². The number of carbonyl (C=O) groups is 1. The highest BCUT2D eigenvalue weighted by atomic mass is 16.6. The van der Waals surface area contributed by atoms with Gasteiger partial charge in [0, 0.05) is 13.1 Å². The Morgan fingerprint density at radius 3 is 2.62 bits per heavy atom. The van der Waals surface area contributed by atoms with Crippen LogP contribution >= 0.6 is 0 Å². The van der Waals surface area contributed by atoms with Gasteiger partial charge in [0.2, 0.25) is 0 Å². The second kappa shape index (κ2) is 7.50. The maximum atomic E-state index is 11.8. The Hall–Kier alpha value is -2.33. The second-order valence-corrected chi connectivity index (χ2v) is 7.93. The summed E-state index contributed by atoms with van der Waals surface area (Å²) in [6, 6.07) is 13.0. The Morgan fingerprint density at radius 2 is 1.92 bits per heavy atom. The largest absolute Gasteiger partial charge is 0.444 e. The van der Waals surface area contributed by atoms with Crippen molar-refractivity contribution in [2.24, 2.45) is 0 Å². The lowest BCUT2D eigenvalue weighted by Crippen LogP contribution is -2.32. The predicted molar refractivity (Wildman–Crippen MR) is 105 cm³/mol. The molecule has 0 saturated carbocycles. The first kappa shape index (κ1) is 18.5. The molecule has 0 bridgehead atoms. The molecule has 4 nitrogen and oxygen atoms in total. The normalized spacial score (nSPS) is 13.8. The van der Waals surface area contributed by atoms with E-state index in [1.807, 2.05) is 20.8 Å². The Balaban J connectivity index is 1.72. The molecule has 4 heteroatoms. The number of amides is 1. The van der Waals surface area contributed by atoms with Crippen LogP contribution in [0.5, 0.6) is 0 Å². The van der Waals surface area contributed by atoms with Crippen LogP contribution in [0.2, 0.25) is 0 Å². The molecule has 138 valence electrons. The van der Waals surface area contributed by atoms with Crippen LogP contribution in [0.15, 0.2) is 36.4 Å². The Bertz CT molecular complexity index is 789. The summed E-state index contributed by atoms with van der Waals surface area (Å²) < 4.78 is 5.27. The number of alkyl carbamates (subject to hydrolysis) is 1. The minimum atomic E-state index is -0.479. The maximum Gasteiger partial charge on any atom is 0.407 e. The topological polar surface area (TPSA) is 50.4 Å². The van der Waals surface area contributed by atoms with E-state index in [-0.39, 0.29) is 6.09 Å². The Morgan fingerprint density at radius 1 is 1.19 bits per heavy atom. The van der Waals surface area contributed by atoms with Crippen molar-refractivity contribution in [3.05, 3.63) is 58.7 Å². The molecule has 0 spiro atoms. The molecular formula is C22H28N2O2. The average molecular weight is 352 g/mol. The molecule has 0 fully saturated rings. The Labute approximate surface area is 156 Å². The van der Waals surface area contributed by atoms with Gasteiger partial charge in [-0.1, -0.05) is 42.0 Å². The van der Waals surface area contributed by atoms with Gasteiger partial charge in [0.25, 0.3) is 0 Å². The van der Waals surface area contributed by atoms with Crippen molar-refractivity contribution in [2.45, 2.75) is 52.8 Å². The zero-order valence-electron chi connectivity index (χ0n) is 16.1. The second-order valence-electron chi connectivity index (χ2n) is 7.93. The highest BCUT2D eigenvalue weighted by Crippen LogP contribution is 2.30. The van der Waals surface area contributed by atoms with Crippen LogP contribution in [0.1, 0.15) is 43.0 Å². The summed E-state index contributed by atoms with van der Waals surface area (Å²) in [5.74, 6) is 0. The zero-order valence-corrected chi connectivity index (χ0v) is 16.1. The molecule has 1 heterocycles. The minimum absolute atomic E-state index is 0.387. The molecule has 3 rings (SSSR count). The van der Waals surface area contributed by atoms with Gasteiger partial charge in [-0.3, -0.25) is 0 Å². The summed E-state index contributed by atoms with van der Waals surface area (Å²) in [4.78, 5) is 11.8. The minimum Gasteiger partial charge on any atom is -0.444 e. The molecule has 2 N–H and O–H groups in total. The SMILES string of the molecule is Cc1cc2c(c(-c3ccc(CNC(=O)OC(C)(C)C)cc3)c1)CCNC2. The van der Waals surface area contributed by atoms with Crippen molar-refractivity contribution in [1.82, 2.24) is 10.6 Å². The predicted octanol–water partition coefficient (Wildman–Crippen LogP) is 4.33. The highest BCUT2D eigenvalue weighted by molar-refractivity contribution is 5.71. The molecule has 0 radical (unpaired) electrons. The van der Waals surface area contributed by atoms with Crippen molar-refractivity contribution in [3.8, 4) is 11.1 Å². The lowest BCUT2D eigenvalue weighted by molar-refractivity contribution is 0.0523. The zero-order chi connectivity index (χ0) is 18.7. The van der Waals surface area contributed by atoms with E-state index in [1.165, 1.54) is 27.8 Å².